The number of carbonyl (C=O) groups excluding carboxylic acids is 3. The number of nitrogens with two attached hydrogens (primary N) is 1. The second kappa shape index (κ2) is 5.62. The van der Waals surface area contributed by atoms with E-state index in [4.69, 9.17) is 0 Å². The third-order valence-corrected chi connectivity index (χ3v) is 6.99. The molecule has 4 aliphatic rings. The van der Waals surface area contributed by atoms with E-state index in [9.17, 15) is 19.5 Å². The molecule has 3 amide bonds. The smallest absolute Gasteiger partial charge is 0.291 e. The number of nitrogens with zero attached hydrogens (tertiary/aromatic N) is 1. The standard InChI is InChI=1S/C20H23N3O4/c1-10(24)16-14-15(18(26)23(17(14)25)11-6-2-3-7-11)20(22-16)12-8-4-5-9-13(12)21-19(20)27/h4-5,8-11,14-16,22,24H,2-3,6-7H2,1H3,(H,21,27)/p+1/t10-,14-,15-,16+,20-/m0/s1. The van der Waals surface area contributed by atoms with Crippen molar-refractivity contribution in [1.82, 2.24) is 4.90 Å². The van der Waals surface area contributed by atoms with Crippen LogP contribution in [0, 0.1) is 11.8 Å². The van der Waals surface area contributed by atoms with Crippen LogP contribution in [-0.4, -0.2) is 45.9 Å². The number of aliphatic hydroxyl groups excluding tert-OH is 1. The summed E-state index contributed by atoms with van der Waals surface area (Å²) < 4.78 is 0. The van der Waals surface area contributed by atoms with Gasteiger partial charge in [0.2, 0.25) is 17.4 Å². The van der Waals surface area contributed by atoms with Crippen LogP contribution >= 0.6 is 0 Å². The summed E-state index contributed by atoms with van der Waals surface area (Å²) in [5.41, 5.74) is 0.245. The van der Waals surface area contributed by atoms with E-state index in [1.54, 1.807) is 12.2 Å². The summed E-state index contributed by atoms with van der Waals surface area (Å²) in [6.45, 7) is 1.63. The molecule has 3 fully saturated rings. The van der Waals surface area contributed by atoms with Crippen molar-refractivity contribution in [3.05, 3.63) is 29.8 Å². The highest BCUT2D eigenvalue weighted by atomic mass is 16.3. The number of rotatable bonds is 2. The van der Waals surface area contributed by atoms with Crippen molar-refractivity contribution in [2.45, 2.75) is 56.3 Å². The van der Waals surface area contributed by atoms with Crippen molar-refractivity contribution in [2.24, 2.45) is 11.8 Å². The number of para-hydroxylation sites is 1. The SMILES string of the molecule is C[C@H](O)[C@H]1[NH2+][C@]2(C(=O)Nc3ccccc32)[C@@H]2C(=O)N(C3CCCC3)C(=O)[C@H]12. The highest BCUT2D eigenvalue weighted by Crippen LogP contribution is 2.50. The van der Waals surface area contributed by atoms with Crippen molar-refractivity contribution >= 4 is 23.4 Å². The van der Waals surface area contributed by atoms with Gasteiger partial charge in [-0.25, -0.2) is 0 Å². The van der Waals surface area contributed by atoms with Gasteiger partial charge in [-0.2, -0.15) is 0 Å². The van der Waals surface area contributed by atoms with Crippen molar-refractivity contribution in [2.75, 3.05) is 5.32 Å². The molecule has 0 bridgehead atoms. The number of hydrogen-bond donors (Lipinski definition) is 3. The maximum Gasteiger partial charge on any atom is 0.291 e. The topological polar surface area (TPSA) is 103 Å². The predicted molar refractivity (Wildman–Crippen MR) is 95.2 cm³/mol. The summed E-state index contributed by atoms with van der Waals surface area (Å²) in [5.74, 6) is -2.17. The average molecular weight is 370 g/mol. The second-order valence-corrected chi connectivity index (χ2v) is 8.34. The minimum atomic E-state index is -1.18. The molecule has 4 N–H and O–H groups in total. The molecule has 7 heteroatoms. The minimum Gasteiger partial charge on any atom is -0.387 e. The van der Waals surface area contributed by atoms with Gasteiger partial charge in [0.05, 0.1) is 5.69 Å². The Morgan fingerprint density at radius 2 is 1.89 bits per heavy atom. The van der Waals surface area contributed by atoms with Crippen molar-refractivity contribution in [3.63, 3.8) is 0 Å². The van der Waals surface area contributed by atoms with Gasteiger partial charge in [-0.05, 0) is 25.8 Å². The molecule has 1 spiro atoms. The fourth-order valence-corrected chi connectivity index (χ4v) is 5.83. The molecular formula is C20H24N3O4+. The number of carbonyl (C=O) groups is 3. The van der Waals surface area contributed by atoms with Crippen LogP contribution in [0.15, 0.2) is 24.3 Å². The van der Waals surface area contributed by atoms with E-state index in [1.165, 1.54) is 4.90 Å². The Hall–Kier alpha value is -2.25. The Morgan fingerprint density at radius 3 is 2.59 bits per heavy atom. The van der Waals surface area contributed by atoms with Gasteiger partial charge in [-0.15, -0.1) is 0 Å². The summed E-state index contributed by atoms with van der Waals surface area (Å²) in [7, 11) is 0. The predicted octanol–water partition coefficient (Wildman–Crippen LogP) is -0.296. The number of anilines is 1. The van der Waals surface area contributed by atoms with Gasteiger partial charge in [-0.3, -0.25) is 19.3 Å². The Labute approximate surface area is 157 Å². The van der Waals surface area contributed by atoms with Crippen molar-refractivity contribution < 1.29 is 24.8 Å². The molecule has 3 heterocycles. The number of amides is 3. The van der Waals surface area contributed by atoms with E-state index < -0.39 is 29.5 Å². The number of benzene rings is 1. The molecule has 3 aliphatic heterocycles. The lowest BCUT2D eigenvalue weighted by Crippen LogP contribution is -3.00. The van der Waals surface area contributed by atoms with Gasteiger partial charge in [0.1, 0.15) is 24.0 Å². The lowest BCUT2D eigenvalue weighted by atomic mass is 9.76. The Balaban J connectivity index is 1.66. The van der Waals surface area contributed by atoms with E-state index in [2.05, 4.69) is 5.32 Å². The number of hydrogen-bond acceptors (Lipinski definition) is 4. The van der Waals surface area contributed by atoms with E-state index in [0.717, 1.165) is 31.2 Å². The molecular weight excluding hydrogens is 346 g/mol. The van der Waals surface area contributed by atoms with Crippen LogP contribution in [0.3, 0.4) is 0 Å². The van der Waals surface area contributed by atoms with Crippen LogP contribution in [0.1, 0.15) is 38.2 Å². The maximum atomic E-state index is 13.5. The summed E-state index contributed by atoms with van der Waals surface area (Å²) >= 11 is 0. The molecule has 7 nitrogen and oxygen atoms in total. The molecule has 2 saturated heterocycles. The van der Waals surface area contributed by atoms with Gasteiger partial charge in [0.25, 0.3) is 5.91 Å². The van der Waals surface area contributed by atoms with Crippen molar-refractivity contribution in [3.8, 4) is 0 Å². The van der Waals surface area contributed by atoms with Crippen LogP contribution in [0.5, 0.6) is 0 Å². The van der Waals surface area contributed by atoms with Crippen LogP contribution in [0.2, 0.25) is 0 Å². The number of likely N-dealkylation sites (tertiary alicyclic amines) is 1. The van der Waals surface area contributed by atoms with E-state index in [1.807, 2.05) is 24.3 Å². The minimum absolute atomic E-state index is 0.0676. The van der Waals surface area contributed by atoms with Crippen LogP contribution in [0.25, 0.3) is 0 Å². The number of imide groups is 1. The fourth-order valence-electron chi connectivity index (χ4n) is 5.83. The Bertz CT molecular complexity index is 847. The largest absolute Gasteiger partial charge is 0.387 e. The van der Waals surface area contributed by atoms with E-state index in [0.29, 0.717) is 5.69 Å². The number of quaternary nitrogens is 1. The molecule has 5 rings (SSSR count). The quantitative estimate of drug-likeness (QED) is 0.622. The monoisotopic (exact) mass is 370 g/mol. The third-order valence-electron chi connectivity index (χ3n) is 6.99. The lowest BCUT2D eigenvalue weighted by molar-refractivity contribution is -0.738. The highest BCUT2D eigenvalue weighted by Gasteiger charge is 2.75. The highest BCUT2D eigenvalue weighted by molar-refractivity contribution is 6.14. The zero-order chi connectivity index (χ0) is 18.9. The number of fused-ring (bicyclic) bond motifs is 4. The maximum absolute atomic E-state index is 13.5. The number of nitrogens with one attached hydrogen (secondary N) is 1. The molecule has 1 aliphatic carbocycles. The fraction of sp³-hybridized carbons (Fsp3) is 0.550. The molecule has 142 valence electrons. The molecule has 0 radical (unpaired) electrons. The average Bonchev–Trinajstić information content (AvgIpc) is 3.37. The van der Waals surface area contributed by atoms with Crippen LogP contribution < -0.4 is 10.6 Å². The zero-order valence-corrected chi connectivity index (χ0v) is 15.2. The zero-order valence-electron chi connectivity index (χ0n) is 15.2. The normalized spacial score (nSPS) is 36.4. The van der Waals surface area contributed by atoms with Gasteiger partial charge in [-0.1, -0.05) is 31.0 Å². The van der Waals surface area contributed by atoms with Gasteiger partial charge < -0.3 is 15.7 Å². The molecule has 0 aromatic heterocycles. The second-order valence-electron chi connectivity index (χ2n) is 8.34. The molecule has 1 aromatic rings. The van der Waals surface area contributed by atoms with Crippen molar-refractivity contribution in [1.29, 1.82) is 0 Å². The first-order chi connectivity index (χ1) is 13.0. The number of aliphatic hydroxyl groups is 1. The van der Waals surface area contributed by atoms with Gasteiger partial charge in [0.15, 0.2) is 0 Å². The molecule has 0 unspecified atom stereocenters. The molecule has 5 atom stereocenters. The Morgan fingerprint density at radius 1 is 1.19 bits per heavy atom. The summed E-state index contributed by atoms with van der Waals surface area (Å²) in [6, 6.07) is 6.76. The van der Waals surface area contributed by atoms with Gasteiger partial charge >= 0.3 is 0 Å². The van der Waals surface area contributed by atoms with E-state index in [-0.39, 0.29) is 23.8 Å². The molecule has 1 aromatic carbocycles. The van der Waals surface area contributed by atoms with Crippen LogP contribution in [-0.2, 0) is 19.9 Å². The summed E-state index contributed by atoms with van der Waals surface area (Å²) in [6.07, 6.45) is 2.87. The summed E-state index contributed by atoms with van der Waals surface area (Å²) in [5, 5.41) is 15.0. The molecule has 1 saturated carbocycles. The third kappa shape index (κ3) is 2.01. The molecule has 27 heavy (non-hydrogen) atoms. The van der Waals surface area contributed by atoms with Gasteiger partial charge in [0, 0.05) is 11.6 Å². The van der Waals surface area contributed by atoms with E-state index >= 15 is 0 Å². The first kappa shape index (κ1) is 16.9. The first-order valence-electron chi connectivity index (χ1n) is 9.79. The Kier molecular flexibility index (Phi) is 3.52. The van der Waals surface area contributed by atoms with Crippen LogP contribution in [0.4, 0.5) is 5.69 Å². The summed E-state index contributed by atoms with van der Waals surface area (Å²) in [4.78, 5) is 41.4. The first-order valence-corrected chi connectivity index (χ1v) is 9.79. The lowest BCUT2D eigenvalue weighted by Gasteiger charge is -2.29.